The topological polar surface area (TPSA) is 98.5 Å². The monoisotopic (exact) mass is 438 g/mol. The van der Waals surface area contributed by atoms with Crippen LogP contribution in [0.15, 0.2) is 47.4 Å². The Morgan fingerprint density at radius 1 is 1.06 bits per heavy atom. The van der Waals surface area contributed by atoms with Crippen LogP contribution in [0.3, 0.4) is 0 Å². The van der Waals surface area contributed by atoms with Gasteiger partial charge in [0, 0.05) is 33.8 Å². The molecule has 0 unspecified atom stereocenters. The molecule has 0 amide bonds. The number of ether oxygens (including phenoxy) is 1. The maximum absolute atomic E-state index is 13.2. The van der Waals surface area contributed by atoms with Crippen molar-refractivity contribution in [1.82, 2.24) is 0 Å². The molecule has 0 saturated carbocycles. The van der Waals surface area contributed by atoms with Crippen LogP contribution in [0.2, 0.25) is 0 Å². The molecule has 0 radical (unpaired) electrons. The van der Waals surface area contributed by atoms with Gasteiger partial charge in [-0.25, -0.2) is 4.79 Å². The number of nitrogens with two attached hydrogens (primary N) is 1. The molecule has 2 aromatic carbocycles. The quantitative estimate of drug-likeness (QED) is 0.150. The molecule has 0 atom stereocenters. The Morgan fingerprint density at radius 3 is 2.32 bits per heavy atom. The minimum Gasteiger partial charge on any atom is -0.462 e. The Balaban J connectivity index is 1.63. The van der Waals surface area contributed by atoms with Crippen molar-refractivity contribution in [2.45, 2.75) is 37.5 Å². The minimum absolute atomic E-state index is 0.227. The number of esters is 1. The second kappa shape index (κ2) is 9.83. The number of nitrogens with one attached hydrogen (secondary N) is 1. The summed E-state index contributed by atoms with van der Waals surface area (Å²) in [6.45, 7) is 6.15. The number of benzene rings is 2. The van der Waals surface area contributed by atoms with E-state index in [1.54, 1.807) is 37.3 Å². The van der Waals surface area contributed by atoms with E-state index in [1.165, 1.54) is 0 Å². The van der Waals surface area contributed by atoms with Crippen LogP contribution in [-0.4, -0.2) is 30.7 Å². The number of thiol groups is 1. The normalized spacial score (nSPS) is 12.2. The third kappa shape index (κ3) is 4.82. The van der Waals surface area contributed by atoms with Gasteiger partial charge in [0.25, 0.3) is 0 Å². The fraction of sp³-hybridized carbons (Fsp3) is 0.292. The molecule has 31 heavy (non-hydrogen) atoms. The molecular weight excluding hydrogens is 412 g/mol. The molecule has 2 aromatic rings. The predicted octanol–water partition coefficient (Wildman–Crippen LogP) is 4.42. The number of rotatable bonds is 9. The predicted molar refractivity (Wildman–Crippen MR) is 124 cm³/mol. The van der Waals surface area contributed by atoms with Gasteiger partial charge in [0.1, 0.15) is 0 Å². The summed E-state index contributed by atoms with van der Waals surface area (Å²) in [7, 11) is 0. The highest BCUT2D eigenvalue weighted by molar-refractivity contribution is 7.80. The summed E-state index contributed by atoms with van der Waals surface area (Å²) in [5.74, 6) is -0.838. The van der Waals surface area contributed by atoms with Gasteiger partial charge >= 0.3 is 5.97 Å². The lowest BCUT2D eigenvalue weighted by atomic mass is 9.82. The molecule has 0 heterocycles. The average Bonchev–Trinajstić information content (AvgIpc) is 2.74. The summed E-state index contributed by atoms with van der Waals surface area (Å²) in [6.07, 6.45) is 3.45. The lowest BCUT2D eigenvalue weighted by Crippen LogP contribution is -2.24. The second-order valence-corrected chi connectivity index (χ2v) is 8.05. The van der Waals surface area contributed by atoms with E-state index in [0.717, 1.165) is 25.7 Å². The molecule has 0 bridgehead atoms. The van der Waals surface area contributed by atoms with Crippen LogP contribution in [0.4, 0.5) is 11.4 Å². The van der Waals surface area contributed by atoms with Crippen LogP contribution in [0.1, 0.15) is 64.4 Å². The summed E-state index contributed by atoms with van der Waals surface area (Å²) < 4.78 is 5.07. The number of unbranched alkanes of at least 4 members (excludes halogenated alkanes) is 3. The van der Waals surface area contributed by atoms with Crippen molar-refractivity contribution in [3.63, 3.8) is 0 Å². The van der Waals surface area contributed by atoms with Gasteiger partial charge in [-0.05, 0) is 32.3 Å². The Kier molecular flexibility index (Phi) is 7.17. The standard InChI is InChI=1S/C24H26N2O4S/c1-14(2)24(29)30-12-8-4-3-7-11-26-21-18(31)13-17(25)19-20(21)23(28)16-10-6-5-9-15(16)22(19)27/h5-6,9-10,13,26,31H,1,3-4,7-8,11-12,25H2,2H3. The van der Waals surface area contributed by atoms with Crippen molar-refractivity contribution >= 4 is 41.5 Å². The Labute approximate surface area is 187 Å². The highest BCUT2D eigenvalue weighted by Crippen LogP contribution is 2.39. The van der Waals surface area contributed by atoms with Crippen LogP contribution in [0.25, 0.3) is 0 Å². The largest absolute Gasteiger partial charge is 0.462 e. The Hall–Kier alpha value is -3.06. The van der Waals surface area contributed by atoms with E-state index in [-0.39, 0.29) is 28.8 Å². The zero-order valence-electron chi connectivity index (χ0n) is 17.5. The van der Waals surface area contributed by atoms with Crippen molar-refractivity contribution in [2.75, 3.05) is 24.2 Å². The van der Waals surface area contributed by atoms with Crippen molar-refractivity contribution in [1.29, 1.82) is 0 Å². The molecule has 0 saturated heterocycles. The Bertz CT molecular complexity index is 1060. The fourth-order valence-corrected chi connectivity index (χ4v) is 3.90. The van der Waals surface area contributed by atoms with Gasteiger partial charge in [-0.2, -0.15) is 0 Å². The molecule has 3 N–H and O–H groups in total. The van der Waals surface area contributed by atoms with Gasteiger partial charge in [-0.15, -0.1) is 12.6 Å². The van der Waals surface area contributed by atoms with E-state index in [9.17, 15) is 14.4 Å². The number of carbonyl (C=O) groups is 3. The van der Waals surface area contributed by atoms with Crippen LogP contribution >= 0.6 is 12.6 Å². The number of hydrogen-bond donors (Lipinski definition) is 3. The molecule has 0 fully saturated rings. The van der Waals surface area contributed by atoms with Crippen molar-refractivity contribution in [3.05, 3.63) is 64.7 Å². The van der Waals surface area contributed by atoms with Crippen LogP contribution in [0.5, 0.6) is 0 Å². The molecular formula is C24H26N2O4S. The lowest BCUT2D eigenvalue weighted by Gasteiger charge is -2.23. The first-order valence-corrected chi connectivity index (χ1v) is 10.7. The summed E-state index contributed by atoms with van der Waals surface area (Å²) in [4.78, 5) is 38.0. The fourth-order valence-electron chi connectivity index (χ4n) is 3.57. The molecule has 162 valence electrons. The average molecular weight is 439 g/mol. The smallest absolute Gasteiger partial charge is 0.333 e. The first-order chi connectivity index (χ1) is 14.8. The third-order valence-electron chi connectivity index (χ3n) is 5.16. The maximum Gasteiger partial charge on any atom is 0.333 e. The second-order valence-electron chi connectivity index (χ2n) is 7.57. The summed E-state index contributed by atoms with van der Waals surface area (Å²) in [6, 6.07) is 8.39. The number of ketones is 2. The SMILES string of the molecule is C=C(C)C(=O)OCCCCCCNc1c(S)cc(N)c2c1C(=O)c1ccccc1C2=O. The van der Waals surface area contributed by atoms with E-state index in [1.807, 2.05) is 0 Å². The molecule has 0 spiro atoms. The molecule has 3 rings (SSSR count). The van der Waals surface area contributed by atoms with Gasteiger partial charge in [-0.3, -0.25) is 9.59 Å². The number of nitrogen functional groups attached to an aromatic ring is 1. The third-order valence-corrected chi connectivity index (χ3v) is 5.51. The van der Waals surface area contributed by atoms with Crippen molar-refractivity contribution in [2.24, 2.45) is 0 Å². The van der Waals surface area contributed by atoms with E-state index < -0.39 is 0 Å². The van der Waals surface area contributed by atoms with Gasteiger partial charge in [-0.1, -0.05) is 37.3 Å². The van der Waals surface area contributed by atoms with Gasteiger partial charge in [0.05, 0.1) is 23.4 Å². The Morgan fingerprint density at radius 2 is 1.68 bits per heavy atom. The van der Waals surface area contributed by atoms with Gasteiger partial charge in [0.2, 0.25) is 0 Å². The molecule has 1 aliphatic rings. The summed E-state index contributed by atoms with van der Waals surface area (Å²) >= 11 is 4.49. The van der Waals surface area contributed by atoms with Crippen LogP contribution in [-0.2, 0) is 9.53 Å². The number of hydrogen-bond acceptors (Lipinski definition) is 7. The molecule has 0 aliphatic heterocycles. The zero-order valence-corrected chi connectivity index (χ0v) is 18.4. The van der Waals surface area contributed by atoms with Gasteiger partial charge in [0.15, 0.2) is 11.6 Å². The minimum atomic E-state index is -0.364. The van der Waals surface area contributed by atoms with E-state index in [4.69, 9.17) is 10.5 Å². The molecule has 7 heteroatoms. The molecule has 0 aromatic heterocycles. The highest BCUT2D eigenvalue weighted by atomic mass is 32.1. The van der Waals surface area contributed by atoms with Crippen LogP contribution < -0.4 is 11.1 Å². The molecule has 6 nitrogen and oxygen atoms in total. The van der Waals surface area contributed by atoms with E-state index in [2.05, 4.69) is 24.5 Å². The van der Waals surface area contributed by atoms with Crippen molar-refractivity contribution in [3.8, 4) is 0 Å². The number of carbonyl (C=O) groups excluding carboxylic acids is 3. The lowest BCUT2D eigenvalue weighted by molar-refractivity contribution is -0.139. The summed E-state index contributed by atoms with van der Waals surface area (Å²) in [5, 5.41) is 3.27. The zero-order chi connectivity index (χ0) is 22.5. The number of anilines is 2. The van der Waals surface area contributed by atoms with E-state index >= 15 is 0 Å². The number of fused-ring (bicyclic) bond motifs is 2. The van der Waals surface area contributed by atoms with E-state index in [0.29, 0.717) is 46.0 Å². The van der Waals surface area contributed by atoms with Crippen LogP contribution in [0, 0.1) is 0 Å². The first kappa shape index (κ1) is 22.6. The highest BCUT2D eigenvalue weighted by Gasteiger charge is 2.34. The van der Waals surface area contributed by atoms with Gasteiger partial charge < -0.3 is 15.8 Å². The summed E-state index contributed by atoms with van der Waals surface area (Å²) in [5.41, 5.74) is 8.56. The maximum atomic E-state index is 13.2. The van der Waals surface area contributed by atoms with Crippen molar-refractivity contribution < 1.29 is 19.1 Å². The molecule has 1 aliphatic carbocycles. The first-order valence-electron chi connectivity index (χ1n) is 10.2.